The largest absolute Gasteiger partial charge is 0.395 e. The van der Waals surface area contributed by atoms with E-state index in [0.29, 0.717) is 22.2 Å². The van der Waals surface area contributed by atoms with E-state index in [2.05, 4.69) is 15.4 Å². The SMILES string of the molecule is Cc1nn(C)c(C(=O)Nc2nccs2)c1N. The maximum Gasteiger partial charge on any atom is 0.277 e. The fraction of sp³-hybridized carbons (Fsp3) is 0.222. The first-order valence-corrected chi connectivity index (χ1v) is 5.47. The molecule has 0 spiro atoms. The average Bonchev–Trinajstić information content (AvgIpc) is 2.77. The molecule has 0 radical (unpaired) electrons. The van der Waals surface area contributed by atoms with Gasteiger partial charge < -0.3 is 5.73 Å². The Morgan fingerprint density at radius 2 is 2.38 bits per heavy atom. The molecule has 0 atom stereocenters. The molecule has 0 aromatic carbocycles. The first-order chi connectivity index (χ1) is 7.59. The van der Waals surface area contributed by atoms with Crippen molar-refractivity contribution in [2.75, 3.05) is 11.1 Å². The van der Waals surface area contributed by atoms with Crippen LogP contribution in [-0.2, 0) is 7.05 Å². The molecule has 7 heteroatoms. The van der Waals surface area contributed by atoms with Crippen molar-refractivity contribution < 1.29 is 4.79 Å². The summed E-state index contributed by atoms with van der Waals surface area (Å²) in [6.45, 7) is 1.76. The molecule has 0 aliphatic carbocycles. The number of hydrogen-bond acceptors (Lipinski definition) is 5. The van der Waals surface area contributed by atoms with Gasteiger partial charge >= 0.3 is 0 Å². The Balaban J connectivity index is 2.27. The van der Waals surface area contributed by atoms with Gasteiger partial charge in [-0.25, -0.2) is 4.98 Å². The molecule has 6 nitrogen and oxygen atoms in total. The molecule has 84 valence electrons. The standard InChI is InChI=1S/C9H11N5OS/c1-5-6(10)7(14(2)13-5)8(15)12-9-11-3-4-16-9/h3-4H,10H2,1-2H3,(H,11,12,15). The summed E-state index contributed by atoms with van der Waals surface area (Å²) in [5, 5.41) is 9.07. The molecular formula is C9H11N5OS. The summed E-state index contributed by atoms with van der Waals surface area (Å²) in [5.74, 6) is -0.296. The van der Waals surface area contributed by atoms with Crippen LogP contribution in [0.5, 0.6) is 0 Å². The Labute approximate surface area is 96.1 Å². The minimum atomic E-state index is -0.296. The van der Waals surface area contributed by atoms with Crippen LogP contribution in [0.2, 0.25) is 0 Å². The number of nitrogens with one attached hydrogen (secondary N) is 1. The van der Waals surface area contributed by atoms with Crippen LogP contribution in [0.4, 0.5) is 10.8 Å². The van der Waals surface area contributed by atoms with Crippen LogP contribution in [0.25, 0.3) is 0 Å². The molecule has 0 unspecified atom stereocenters. The van der Waals surface area contributed by atoms with Gasteiger partial charge in [0.15, 0.2) is 5.13 Å². The zero-order valence-electron chi connectivity index (χ0n) is 8.89. The molecule has 3 N–H and O–H groups in total. The summed E-state index contributed by atoms with van der Waals surface area (Å²) in [6, 6.07) is 0. The minimum absolute atomic E-state index is 0.296. The zero-order chi connectivity index (χ0) is 11.7. The van der Waals surface area contributed by atoms with Crippen LogP contribution in [0.15, 0.2) is 11.6 Å². The molecule has 2 rings (SSSR count). The summed E-state index contributed by atoms with van der Waals surface area (Å²) in [7, 11) is 1.68. The summed E-state index contributed by atoms with van der Waals surface area (Å²) in [6.07, 6.45) is 1.62. The summed E-state index contributed by atoms with van der Waals surface area (Å²) >= 11 is 1.35. The van der Waals surface area contributed by atoms with E-state index in [1.807, 2.05) is 0 Å². The number of nitrogens with two attached hydrogens (primary N) is 1. The van der Waals surface area contributed by atoms with E-state index in [-0.39, 0.29) is 5.91 Å². The van der Waals surface area contributed by atoms with Crippen LogP contribution in [0.3, 0.4) is 0 Å². The van der Waals surface area contributed by atoms with Gasteiger partial charge in [-0.1, -0.05) is 0 Å². The number of nitrogens with zero attached hydrogens (tertiary/aromatic N) is 3. The second-order valence-corrected chi connectivity index (χ2v) is 4.16. The predicted octanol–water partition coefficient (Wildman–Crippen LogP) is 1.02. The molecule has 1 amide bonds. The van der Waals surface area contributed by atoms with Crippen LogP contribution < -0.4 is 11.1 Å². The molecule has 0 aliphatic rings. The van der Waals surface area contributed by atoms with Crippen molar-refractivity contribution in [1.29, 1.82) is 0 Å². The highest BCUT2D eigenvalue weighted by molar-refractivity contribution is 7.13. The van der Waals surface area contributed by atoms with Crippen molar-refractivity contribution in [3.05, 3.63) is 23.0 Å². The van der Waals surface area contributed by atoms with Gasteiger partial charge in [-0.15, -0.1) is 11.3 Å². The number of carbonyl (C=O) groups excluding carboxylic acids is 1. The normalized spacial score (nSPS) is 10.4. The predicted molar refractivity (Wildman–Crippen MR) is 62.4 cm³/mol. The molecule has 2 aromatic rings. The van der Waals surface area contributed by atoms with Crippen molar-refractivity contribution in [1.82, 2.24) is 14.8 Å². The summed E-state index contributed by atoms with van der Waals surface area (Å²) < 4.78 is 1.47. The van der Waals surface area contributed by atoms with Crippen molar-refractivity contribution in [2.24, 2.45) is 7.05 Å². The summed E-state index contributed by atoms with van der Waals surface area (Å²) in [5.41, 5.74) is 7.17. The highest BCUT2D eigenvalue weighted by Gasteiger charge is 2.18. The zero-order valence-corrected chi connectivity index (χ0v) is 9.71. The van der Waals surface area contributed by atoms with E-state index in [4.69, 9.17) is 5.73 Å². The van der Waals surface area contributed by atoms with Crippen molar-refractivity contribution in [3.63, 3.8) is 0 Å². The molecule has 2 aromatic heterocycles. The van der Waals surface area contributed by atoms with E-state index in [1.165, 1.54) is 16.0 Å². The van der Waals surface area contributed by atoms with Crippen LogP contribution >= 0.6 is 11.3 Å². The molecule has 0 fully saturated rings. The van der Waals surface area contributed by atoms with Crippen molar-refractivity contribution in [3.8, 4) is 0 Å². The number of anilines is 2. The van der Waals surface area contributed by atoms with Crippen LogP contribution in [0.1, 0.15) is 16.2 Å². The van der Waals surface area contributed by atoms with Gasteiger partial charge in [0.2, 0.25) is 0 Å². The number of carbonyl (C=O) groups is 1. The number of nitrogen functional groups attached to an aromatic ring is 1. The number of aromatic nitrogens is 3. The number of hydrogen-bond donors (Lipinski definition) is 2. The number of aryl methyl sites for hydroxylation is 2. The van der Waals surface area contributed by atoms with E-state index >= 15 is 0 Å². The van der Waals surface area contributed by atoms with Gasteiger partial charge in [-0.05, 0) is 6.92 Å². The topological polar surface area (TPSA) is 85.8 Å². The lowest BCUT2D eigenvalue weighted by Crippen LogP contribution is -2.17. The highest BCUT2D eigenvalue weighted by Crippen LogP contribution is 2.18. The second-order valence-electron chi connectivity index (χ2n) is 3.26. The lowest BCUT2D eigenvalue weighted by atomic mass is 10.3. The van der Waals surface area contributed by atoms with Crippen LogP contribution in [0, 0.1) is 6.92 Å². The minimum Gasteiger partial charge on any atom is -0.395 e. The molecular weight excluding hydrogens is 226 g/mol. The summed E-state index contributed by atoms with van der Waals surface area (Å²) in [4.78, 5) is 15.8. The van der Waals surface area contributed by atoms with E-state index in [9.17, 15) is 4.79 Å². The fourth-order valence-electron chi connectivity index (χ4n) is 1.39. The average molecular weight is 237 g/mol. The molecule has 2 heterocycles. The third-order valence-corrected chi connectivity index (χ3v) is 2.82. The third-order valence-electron chi connectivity index (χ3n) is 2.14. The smallest absolute Gasteiger partial charge is 0.277 e. The van der Waals surface area contributed by atoms with Crippen molar-refractivity contribution >= 4 is 28.1 Å². The first-order valence-electron chi connectivity index (χ1n) is 4.59. The highest BCUT2D eigenvalue weighted by atomic mass is 32.1. The maximum atomic E-state index is 11.9. The van der Waals surface area contributed by atoms with Gasteiger partial charge in [0.05, 0.1) is 11.4 Å². The Kier molecular flexibility index (Phi) is 2.61. The van der Waals surface area contributed by atoms with Gasteiger partial charge in [0, 0.05) is 18.6 Å². The van der Waals surface area contributed by atoms with Gasteiger partial charge in [-0.2, -0.15) is 5.10 Å². The second kappa shape index (κ2) is 3.93. The fourth-order valence-corrected chi connectivity index (χ4v) is 1.91. The lowest BCUT2D eigenvalue weighted by molar-refractivity contribution is 0.101. The monoisotopic (exact) mass is 237 g/mol. The lowest BCUT2D eigenvalue weighted by Gasteiger charge is -2.02. The van der Waals surface area contributed by atoms with Gasteiger partial charge in [-0.3, -0.25) is 14.8 Å². The number of amides is 1. The molecule has 0 saturated heterocycles. The Hall–Kier alpha value is -1.89. The van der Waals surface area contributed by atoms with E-state index < -0.39 is 0 Å². The quantitative estimate of drug-likeness (QED) is 0.816. The molecule has 0 aliphatic heterocycles. The Morgan fingerprint density at radius 1 is 1.62 bits per heavy atom. The third kappa shape index (κ3) is 1.76. The van der Waals surface area contributed by atoms with E-state index in [1.54, 1.807) is 25.5 Å². The van der Waals surface area contributed by atoms with Gasteiger partial charge in [0.25, 0.3) is 5.91 Å². The molecule has 16 heavy (non-hydrogen) atoms. The van der Waals surface area contributed by atoms with Gasteiger partial charge in [0.1, 0.15) is 5.69 Å². The maximum absolute atomic E-state index is 11.9. The Bertz CT molecular complexity index is 516. The van der Waals surface area contributed by atoms with E-state index in [0.717, 1.165) is 0 Å². The molecule has 0 bridgehead atoms. The molecule has 0 saturated carbocycles. The number of thiazole rings is 1. The Morgan fingerprint density at radius 3 is 2.88 bits per heavy atom. The first kappa shape index (κ1) is 10.6. The number of rotatable bonds is 2. The van der Waals surface area contributed by atoms with Crippen molar-refractivity contribution in [2.45, 2.75) is 6.92 Å². The van der Waals surface area contributed by atoms with Crippen LogP contribution in [-0.4, -0.2) is 20.7 Å².